The summed E-state index contributed by atoms with van der Waals surface area (Å²) in [5.74, 6) is 0. The number of pyridine rings is 4. The summed E-state index contributed by atoms with van der Waals surface area (Å²) in [6, 6.07) is 10.3. The van der Waals surface area contributed by atoms with E-state index >= 15 is 0 Å². The molecule has 0 saturated carbocycles. The Morgan fingerprint density at radius 1 is 0.824 bits per heavy atom. The van der Waals surface area contributed by atoms with Crippen molar-refractivity contribution in [3.05, 3.63) is 79.3 Å². The molecule has 6 heterocycles. The fourth-order valence-electron chi connectivity index (χ4n) is 4.29. The molecular formula is C26H22N8. The quantitative estimate of drug-likeness (QED) is 0.399. The first-order valence-electron chi connectivity index (χ1n) is 11.0. The van der Waals surface area contributed by atoms with E-state index in [4.69, 9.17) is 0 Å². The van der Waals surface area contributed by atoms with Crippen LogP contribution in [0.1, 0.15) is 5.56 Å². The Balaban J connectivity index is 1.45. The Labute approximate surface area is 195 Å². The highest BCUT2D eigenvalue weighted by molar-refractivity contribution is 6.00. The number of nitrogens with one attached hydrogen (secondary N) is 2. The third kappa shape index (κ3) is 3.60. The van der Waals surface area contributed by atoms with E-state index in [0.717, 1.165) is 67.7 Å². The molecule has 8 heteroatoms. The highest BCUT2D eigenvalue weighted by Gasteiger charge is 2.15. The van der Waals surface area contributed by atoms with E-state index in [1.807, 2.05) is 63.4 Å². The first-order valence-corrected chi connectivity index (χ1v) is 11.0. The van der Waals surface area contributed by atoms with Gasteiger partial charge >= 0.3 is 0 Å². The summed E-state index contributed by atoms with van der Waals surface area (Å²) < 4.78 is 0. The summed E-state index contributed by atoms with van der Waals surface area (Å²) in [7, 11) is 4.09. The molecule has 0 fully saturated rings. The second-order valence-electron chi connectivity index (χ2n) is 8.58. The summed E-state index contributed by atoms with van der Waals surface area (Å²) in [5.41, 5.74) is 8.60. The van der Waals surface area contributed by atoms with Crippen LogP contribution in [0.25, 0.3) is 55.6 Å². The Kier molecular flexibility index (Phi) is 4.85. The average Bonchev–Trinajstić information content (AvgIpc) is 3.48. The predicted molar refractivity (Wildman–Crippen MR) is 133 cm³/mol. The molecule has 0 atom stereocenters. The molecule has 0 radical (unpaired) electrons. The van der Waals surface area contributed by atoms with Crippen molar-refractivity contribution in [2.75, 3.05) is 14.1 Å². The van der Waals surface area contributed by atoms with Crippen molar-refractivity contribution in [3.63, 3.8) is 0 Å². The molecule has 0 saturated heterocycles. The monoisotopic (exact) mass is 446 g/mol. The fourth-order valence-corrected chi connectivity index (χ4v) is 4.29. The van der Waals surface area contributed by atoms with Crippen molar-refractivity contribution in [3.8, 4) is 33.8 Å². The second-order valence-corrected chi connectivity index (χ2v) is 8.58. The van der Waals surface area contributed by atoms with E-state index in [0.29, 0.717) is 0 Å². The minimum atomic E-state index is 0.822. The first kappa shape index (κ1) is 20.2. The van der Waals surface area contributed by atoms with Crippen LogP contribution >= 0.6 is 0 Å². The van der Waals surface area contributed by atoms with Gasteiger partial charge in [0.25, 0.3) is 0 Å². The lowest BCUT2D eigenvalue weighted by atomic mass is 10.1. The van der Waals surface area contributed by atoms with E-state index in [9.17, 15) is 0 Å². The van der Waals surface area contributed by atoms with Gasteiger partial charge < -0.3 is 9.88 Å². The topological polar surface area (TPSA) is 99.3 Å². The molecule has 166 valence electrons. The van der Waals surface area contributed by atoms with Crippen LogP contribution in [0.15, 0.2) is 73.7 Å². The van der Waals surface area contributed by atoms with Crippen LogP contribution in [0.4, 0.5) is 0 Å². The number of nitrogens with zero attached hydrogens (tertiary/aromatic N) is 6. The van der Waals surface area contributed by atoms with Crippen molar-refractivity contribution in [2.24, 2.45) is 0 Å². The minimum Gasteiger partial charge on any atom is -0.352 e. The maximum atomic E-state index is 4.65. The maximum Gasteiger partial charge on any atom is 0.116 e. The molecule has 0 spiro atoms. The van der Waals surface area contributed by atoms with Gasteiger partial charge in [-0.05, 0) is 43.9 Å². The van der Waals surface area contributed by atoms with E-state index in [1.54, 1.807) is 6.20 Å². The van der Waals surface area contributed by atoms with Crippen LogP contribution in [0.3, 0.4) is 0 Å². The number of aromatic amines is 2. The molecule has 0 unspecified atom stereocenters. The lowest BCUT2D eigenvalue weighted by Gasteiger charge is -2.10. The Hall–Kier alpha value is -4.43. The number of hydrogen-bond donors (Lipinski definition) is 2. The number of hydrogen-bond acceptors (Lipinski definition) is 6. The molecular weight excluding hydrogens is 424 g/mol. The van der Waals surface area contributed by atoms with Crippen LogP contribution < -0.4 is 0 Å². The van der Waals surface area contributed by atoms with Crippen LogP contribution in [0.2, 0.25) is 0 Å². The summed E-state index contributed by atoms with van der Waals surface area (Å²) in [6.07, 6.45) is 12.9. The molecule has 0 aliphatic heterocycles. The Morgan fingerprint density at radius 3 is 2.56 bits per heavy atom. The van der Waals surface area contributed by atoms with E-state index in [2.05, 4.69) is 58.2 Å². The van der Waals surface area contributed by atoms with Crippen molar-refractivity contribution in [1.29, 1.82) is 0 Å². The van der Waals surface area contributed by atoms with Crippen molar-refractivity contribution in [1.82, 2.24) is 40.0 Å². The van der Waals surface area contributed by atoms with Crippen molar-refractivity contribution in [2.45, 2.75) is 6.54 Å². The first-order chi connectivity index (χ1) is 16.7. The molecule has 0 amide bonds. The largest absolute Gasteiger partial charge is 0.352 e. The zero-order chi connectivity index (χ0) is 23.1. The van der Waals surface area contributed by atoms with Gasteiger partial charge in [-0.3, -0.25) is 25.0 Å². The van der Waals surface area contributed by atoms with Gasteiger partial charge in [0.05, 0.1) is 34.8 Å². The highest BCUT2D eigenvalue weighted by Crippen LogP contribution is 2.34. The summed E-state index contributed by atoms with van der Waals surface area (Å²) >= 11 is 0. The molecule has 6 aromatic heterocycles. The zero-order valence-electron chi connectivity index (χ0n) is 18.8. The third-order valence-corrected chi connectivity index (χ3v) is 5.81. The zero-order valence-corrected chi connectivity index (χ0v) is 18.8. The lowest BCUT2D eigenvalue weighted by molar-refractivity contribution is 0.402. The standard InChI is InChI=1S/C26H22N8/c1-34(2)15-16-6-18(11-28-9-16)22-8-20-25(14-30-22)32-33-26(20)23-7-19-21(12-29-13-24(19)31-23)17-4-3-5-27-10-17/h3-14,31H,15H2,1-2H3,(H,32,33). The SMILES string of the molecule is CN(C)Cc1cncc(-c2cc3c(-c4cc5c(-c6cccnc6)cncc5[nH]4)n[nH]c3cn2)c1. The molecule has 6 aromatic rings. The van der Waals surface area contributed by atoms with Crippen LogP contribution in [-0.4, -0.2) is 54.1 Å². The minimum absolute atomic E-state index is 0.822. The fraction of sp³-hybridized carbons (Fsp3) is 0.115. The van der Waals surface area contributed by atoms with Gasteiger partial charge in [-0.25, -0.2) is 0 Å². The number of aromatic nitrogens is 7. The maximum absolute atomic E-state index is 4.65. The number of H-pyrrole nitrogens is 2. The number of fused-ring (bicyclic) bond motifs is 2. The summed E-state index contributed by atoms with van der Waals surface area (Å²) in [6.45, 7) is 0.822. The summed E-state index contributed by atoms with van der Waals surface area (Å²) in [5, 5.41) is 9.78. The average molecular weight is 447 g/mol. The van der Waals surface area contributed by atoms with Gasteiger partial charge in [-0.2, -0.15) is 5.10 Å². The molecule has 0 aromatic carbocycles. The van der Waals surface area contributed by atoms with Crippen molar-refractivity contribution >= 4 is 21.8 Å². The second kappa shape index (κ2) is 8.17. The van der Waals surface area contributed by atoms with Gasteiger partial charge in [-0.1, -0.05) is 6.07 Å². The molecule has 0 aliphatic carbocycles. The van der Waals surface area contributed by atoms with Crippen LogP contribution in [0, 0.1) is 0 Å². The normalized spacial score (nSPS) is 11.6. The summed E-state index contributed by atoms with van der Waals surface area (Å²) in [4.78, 5) is 23.4. The van der Waals surface area contributed by atoms with E-state index < -0.39 is 0 Å². The molecule has 2 N–H and O–H groups in total. The van der Waals surface area contributed by atoms with Gasteiger partial charge in [0.15, 0.2) is 0 Å². The smallest absolute Gasteiger partial charge is 0.116 e. The predicted octanol–water partition coefficient (Wildman–Crippen LogP) is 4.69. The Morgan fingerprint density at radius 2 is 1.71 bits per heavy atom. The van der Waals surface area contributed by atoms with Crippen LogP contribution in [-0.2, 0) is 6.54 Å². The van der Waals surface area contributed by atoms with Gasteiger partial charge in [0.1, 0.15) is 5.69 Å². The van der Waals surface area contributed by atoms with E-state index in [1.165, 1.54) is 0 Å². The van der Waals surface area contributed by atoms with E-state index in [-0.39, 0.29) is 0 Å². The van der Waals surface area contributed by atoms with Crippen molar-refractivity contribution < 1.29 is 0 Å². The highest BCUT2D eigenvalue weighted by atomic mass is 15.1. The Bertz CT molecular complexity index is 1610. The molecule has 8 nitrogen and oxygen atoms in total. The lowest BCUT2D eigenvalue weighted by Crippen LogP contribution is -2.10. The molecule has 6 rings (SSSR count). The molecule has 0 bridgehead atoms. The molecule has 0 aliphatic rings. The van der Waals surface area contributed by atoms with Gasteiger partial charge in [0.2, 0.25) is 0 Å². The number of rotatable bonds is 5. The van der Waals surface area contributed by atoms with Gasteiger partial charge in [-0.15, -0.1) is 0 Å². The molecule has 34 heavy (non-hydrogen) atoms. The van der Waals surface area contributed by atoms with Gasteiger partial charge in [0, 0.05) is 65.0 Å². The van der Waals surface area contributed by atoms with Crippen LogP contribution in [0.5, 0.6) is 0 Å². The third-order valence-electron chi connectivity index (χ3n) is 5.81.